The number of carbonyl (C=O) groups is 1. The van der Waals surface area contributed by atoms with Gasteiger partial charge in [-0.2, -0.15) is 4.57 Å². The normalized spacial score (nSPS) is 20.0. The topological polar surface area (TPSA) is 55.4 Å². The first-order valence-corrected chi connectivity index (χ1v) is 13.4. The number of carbonyl (C=O) groups excluding carboxylic acids is 1. The van der Waals surface area contributed by atoms with Crippen LogP contribution in [0.1, 0.15) is 41.3 Å². The van der Waals surface area contributed by atoms with Crippen LogP contribution in [-0.4, -0.2) is 24.1 Å². The quantitative estimate of drug-likeness (QED) is 0.310. The highest BCUT2D eigenvalue weighted by atomic mass is 32.1. The van der Waals surface area contributed by atoms with Crippen LogP contribution >= 0.6 is 22.7 Å². The molecule has 2 unspecified atom stereocenters. The van der Waals surface area contributed by atoms with E-state index in [-0.39, 0.29) is 12.3 Å². The molecule has 8 heteroatoms. The number of rotatable bonds is 5. The zero-order chi connectivity index (χ0) is 24.1. The summed E-state index contributed by atoms with van der Waals surface area (Å²) in [5.41, 5.74) is 4.73. The van der Waals surface area contributed by atoms with E-state index in [1.54, 1.807) is 11.3 Å². The SMILES string of the molecule is CN1c2ccc(/C=c3/s/c(=C\c4sc5ccccc5[n+]4C)n(COC=O)c3=O)cc2C2CCCC21. The molecular formula is C27H26N3O3S2+. The summed E-state index contributed by atoms with van der Waals surface area (Å²) in [6.45, 7) is 0.275. The van der Waals surface area contributed by atoms with Crippen molar-refractivity contribution in [3.63, 3.8) is 0 Å². The summed E-state index contributed by atoms with van der Waals surface area (Å²) in [6.07, 6.45) is 7.72. The van der Waals surface area contributed by atoms with Crippen molar-refractivity contribution in [2.24, 2.45) is 7.05 Å². The fraction of sp³-hybridized carbons (Fsp3) is 0.296. The summed E-state index contributed by atoms with van der Waals surface area (Å²) in [4.78, 5) is 26.6. The van der Waals surface area contributed by atoms with Gasteiger partial charge in [-0.1, -0.05) is 36.0 Å². The van der Waals surface area contributed by atoms with E-state index in [1.165, 1.54) is 51.1 Å². The maximum absolute atomic E-state index is 13.3. The molecule has 1 aliphatic heterocycles. The molecule has 3 heterocycles. The first-order valence-electron chi connectivity index (χ1n) is 11.8. The Morgan fingerprint density at radius 3 is 2.83 bits per heavy atom. The molecule has 6 rings (SSSR count). The number of likely N-dealkylation sites (N-methyl/N-ethyl adjacent to an activating group) is 1. The largest absolute Gasteiger partial charge is 0.446 e. The van der Waals surface area contributed by atoms with Gasteiger partial charge in [-0.15, -0.1) is 11.3 Å². The molecule has 0 spiro atoms. The predicted molar refractivity (Wildman–Crippen MR) is 140 cm³/mol. The minimum atomic E-state index is -0.150. The lowest BCUT2D eigenvalue weighted by Gasteiger charge is -2.21. The van der Waals surface area contributed by atoms with Crippen LogP contribution in [0.4, 0.5) is 5.69 Å². The zero-order valence-electron chi connectivity index (χ0n) is 19.6. The van der Waals surface area contributed by atoms with Crippen LogP contribution in [-0.2, 0) is 23.3 Å². The molecule has 2 aliphatic rings. The molecule has 1 aliphatic carbocycles. The molecule has 0 saturated heterocycles. The van der Waals surface area contributed by atoms with Crippen LogP contribution in [0.25, 0.3) is 22.4 Å². The third-order valence-corrected chi connectivity index (χ3v) is 9.56. The Kier molecular flexibility index (Phi) is 5.57. The van der Waals surface area contributed by atoms with Crippen LogP contribution < -0.4 is 24.2 Å². The summed E-state index contributed by atoms with van der Waals surface area (Å²) in [5, 5.41) is 1.02. The van der Waals surface area contributed by atoms with Gasteiger partial charge in [-0.25, -0.2) is 0 Å². The van der Waals surface area contributed by atoms with Gasteiger partial charge in [0.05, 0.1) is 10.6 Å². The second-order valence-corrected chi connectivity index (χ2v) is 11.3. The van der Waals surface area contributed by atoms with Crippen molar-refractivity contribution in [2.75, 3.05) is 11.9 Å². The van der Waals surface area contributed by atoms with Crippen LogP contribution in [0.2, 0.25) is 0 Å². The number of nitrogens with zero attached hydrogens (tertiary/aromatic N) is 3. The van der Waals surface area contributed by atoms with Gasteiger partial charge in [-0.05, 0) is 48.2 Å². The van der Waals surface area contributed by atoms with Gasteiger partial charge in [-0.3, -0.25) is 14.2 Å². The Labute approximate surface area is 210 Å². The van der Waals surface area contributed by atoms with Crippen molar-refractivity contribution in [1.29, 1.82) is 0 Å². The Hall–Kier alpha value is -3.23. The third kappa shape index (κ3) is 3.72. The van der Waals surface area contributed by atoms with E-state index in [4.69, 9.17) is 4.74 Å². The fourth-order valence-electron chi connectivity index (χ4n) is 5.60. The molecular weight excluding hydrogens is 478 g/mol. The number of para-hydroxylation sites is 1. The van der Waals surface area contributed by atoms with Gasteiger partial charge in [0.15, 0.2) is 6.73 Å². The fourth-order valence-corrected chi connectivity index (χ4v) is 7.80. The molecule has 0 bridgehead atoms. The van der Waals surface area contributed by atoms with E-state index < -0.39 is 0 Å². The van der Waals surface area contributed by atoms with Gasteiger partial charge < -0.3 is 9.64 Å². The van der Waals surface area contributed by atoms with E-state index >= 15 is 0 Å². The average Bonchev–Trinajstić information content (AvgIpc) is 3.60. The molecule has 0 amide bonds. The van der Waals surface area contributed by atoms with Crippen LogP contribution in [0.15, 0.2) is 47.3 Å². The summed E-state index contributed by atoms with van der Waals surface area (Å²) in [5.74, 6) is 0.584. The van der Waals surface area contributed by atoms with Crippen molar-refractivity contribution >= 4 is 57.2 Å². The van der Waals surface area contributed by atoms with Crippen LogP contribution in [0.5, 0.6) is 0 Å². The van der Waals surface area contributed by atoms with Crippen molar-refractivity contribution in [3.8, 4) is 0 Å². The number of ether oxygens (including phenoxy) is 1. The molecule has 2 atom stereocenters. The number of benzene rings is 2. The molecule has 6 nitrogen and oxygen atoms in total. The second kappa shape index (κ2) is 8.77. The molecule has 2 aromatic carbocycles. The highest BCUT2D eigenvalue weighted by molar-refractivity contribution is 7.19. The predicted octanol–water partition coefficient (Wildman–Crippen LogP) is 2.82. The van der Waals surface area contributed by atoms with E-state index in [0.29, 0.717) is 23.0 Å². The Bertz CT molecular complexity index is 1630. The molecule has 2 aromatic heterocycles. The van der Waals surface area contributed by atoms with Crippen molar-refractivity contribution in [1.82, 2.24) is 4.57 Å². The zero-order valence-corrected chi connectivity index (χ0v) is 21.3. The number of fused-ring (bicyclic) bond motifs is 4. The van der Waals surface area contributed by atoms with Gasteiger partial charge in [0.1, 0.15) is 16.4 Å². The summed E-state index contributed by atoms with van der Waals surface area (Å²) >= 11 is 3.09. The van der Waals surface area contributed by atoms with Crippen molar-refractivity contribution < 1.29 is 14.1 Å². The van der Waals surface area contributed by atoms with E-state index in [9.17, 15) is 9.59 Å². The maximum atomic E-state index is 13.3. The maximum Gasteiger partial charge on any atom is 0.294 e. The Morgan fingerprint density at radius 2 is 2.00 bits per heavy atom. The Morgan fingerprint density at radius 1 is 1.14 bits per heavy atom. The number of hydrogen-bond donors (Lipinski definition) is 0. The molecule has 1 fully saturated rings. The number of aryl methyl sites for hydroxylation is 1. The van der Waals surface area contributed by atoms with E-state index in [0.717, 1.165) is 20.8 Å². The number of thiazole rings is 2. The third-order valence-electron chi connectivity index (χ3n) is 7.33. The number of hydrogen-bond acceptors (Lipinski definition) is 6. The van der Waals surface area contributed by atoms with Crippen LogP contribution in [0.3, 0.4) is 0 Å². The Balaban J connectivity index is 1.47. The van der Waals surface area contributed by atoms with E-state index in [2.05, 4.69) is 46.8 Å². The monoisotopic (exact) mass is 504 g/mol. The molecule has 35 heavy (non-hydrogen) atoms. The molecule has 178 valence electrons. The van der Waals surface area contributed by atoms with Crippen molar-refractivity contribution in [3.05, 3.63) is 78.1 Å². The molecule has 1 saturated carbocycles. The number of anilines is 1. The van der Waals surface area contributed by atoms with Crippen LogP contribution in [0, 0.1) is 0 Å². The minimum Gasteiger partial charge on any atom is -0.446 e. The molecule has 0 N–H and O–H groups in total. The second-order valence-electron chi connectivity index (χ2n) is 9.22. The lowest BCUT2D eigenvalue weighted by molar-refractivity contribution is -0.642. The standard InChI is InChI=1S/C27H26N3O3S2/c1-28-20-8-5-6-18(20)19-12-17(10-11-21(19)28)13-24-27(32)30(15-33-16-31)26(35-24)14-25-29(2)22-7-3-4-9-23(22)34-25/h3-4,7,9-14,16,18,20H,5-6,8,15H2,1-2H3/q+1/b24-13+. The van der Waals surface area contributed by atoms with Crippen molar-refractivity contribution in [2.45, 2.75) is 38.0 Å². The van der Waals surface area contributed by atoms with Gasteiger partial charge in [0, 0.05) is 30.8 Å². The first-order chi connectivity index (χ1) is 17.0. The van der Waals surface area contributed by atoms with E-state index in [1.807, 2.05) is 31.3 Å². The molecule has 4 aromatic rings. The first kappa shape index (κ1) is 22.2. The lowest BCUT2D eigenvalue weighted by atomic mass is 9.96. The summed E-state index contributed by atoms with van der Waals surface area (Å²) in [7, 11) is 4.22. The highest BCUT2D eigenvalue weighted by Crippen LogP contribution is 2.48. The summed E-state index contributed by atoms with van der Waals surface area (Å²) in [6, 6.07) is 15.4. The lowest BCUT2D eigenvalue weighted by Crippen LogP contribution is -2.33. The van der Waals surface area contributed by atoms with Gasteiger partial charge >= 0.3 is 0 Å². The smallest absolute Gasteiger partial charge is 0.294 e. The number of aromatic nitrogens is 2. The molecule has 0 radical (unpaired) electrons. The summed E-state index contributed by atoms with van der Waals surface area (Å²) < 4.78 is 11.2. The van der Waals surface area contributed by atoms with Gasteiger partial charge in [0.2, 0.25) is 5.52 Å². The highest BCUT2D eigenvalue weighted by Gasteiger charge is 2.39. The minimum absolute atomic E-state index is 0.105. The average molecular weight is 505 g/mol. The van der Waals surface area contributed by atoms with Gasteiger partial charge in [0.25, 0.3) is 17.0 Å².